The van der Waals surface area contributed by atoms with Gasteiger partial charge in [-0.3, -0.25) is 0 Å². The van der Waals surface area contributed by atoms with Gasteiger partial charge in [0.15, 0.2) is 0 Å². The van der Waals surface area contributed by atoms with E-state index in [0.717, 1.165) is 74.1 Å². The van der Waals surface area contributed by atoms with Crippen LogP contribution >= 0.6 is 0 Å². The molecule has 0 bridgehead atoms. The van der Waals surface area contributed by atoms with Crippen molar-refractivity contribution in [3.05, 3.63) is 102 Å². The molecule has 1 N–H and O–H groups in total. The third-order valence-electron chi connectivity index (χ3n) is 9.10. The molecule has 0 aliphatic heterocycles. The zero-order chi connectivity index (χ0) is 31.1. The van der Waals surface area contributed by atoms with Crippen molar-refractivity contribution < 1.29 is 19.0 Å². The number of carboxylic acids is 1. The van der Waals surface area contributed by atoms with E-state index in [1.165, 1.54) is 31.4 Å². The molecule has 0 unspecified atom stereocenters. The zero-order valence-electron chi connectivity index (χ0n) is 25.4. The van der Waals surface area contributed by atoms with E-state index in [9.17, 15) is 14.3 Å². The molecule has 0 saturated heterocycles. The molecule has 0 spiro atoms. The average molecular weight is 600 g/mol. The van der Waals surface area contributed by atoms with Crippen LogP contribution in [-0.4, -0.2) is 32.7 Å². The standard InChI is InChI=1S/C38H34FN3O3/c1-3-29-31(38(43)44)17-20-35-36(29)41-37(42(35)27-7-5-4-6-8-27)25-12-18-33-24(21-25)11-19-34(40-33)32-22-28(45-2)15-16-30(32)23-9-13-26(39)14-10-23/h9-22,27H,3-8H2,1-2H3,(H,43,44). The van der Waals surface area contributed by atoms with Gasteiger partial charge in [0, 0.05) is 22.6 Å². The summed E-state index contributed by atoms with van der Waals surface area (Å²) in [6.45, 7) is 1.99. The number of carbonyl (C=O) groups is 1. The van der Waals surface area contributed by atoms with Gasteiger partial charge in [-0.2, -0.15) is 0 Å². The Labute approximate surface area is 261 Å². The van der Waals surface area contributed by atoms with Crippen molar-refractivity contribution in [3.8, 4) is 39.5 Å². The minimum absolute atomic E-state index is 0.279. The molecular formula is C38H34FN3O3. The number of aromatic nitrogens is 3. The highest BCUT2D eigenvalue weighted by Crippen LogP contribution is 2.39. The second-order valence-corrected chi connectivity index (χ2v) is 11.7. The van der Waals surface area contributed by atoms with E-state index in [1.807, 2.05) is 43.3 Å². The summed E-state index contributed by atoms with van der Waals surface area (Å²) in [6.07, 6.45) is 6.33. The van der Waals surface area contributed by atoms with Gasteiger partial charge < -0.3 is 14.4 Å². The molecule has 2 heterocycles. The Morgan fingerprint density at radius 1 is 0.889 bits per heavy atom. The first kappa shape index (κ1) is 28.7. The molecule has 226 valence electrons. The first-order chi connectivity index (χ1) is 21.9. The zero-order valence-corrected chi connectivity index (χ0v) is 25.4. The normalized spacial score (nSPS) is 13.8. The summed E-state index contributed by atoms with van der Waals surface area (Å²) in [5.74, 6) is 0.381. The van der Waals surface area contributed by atoms with Crippen molar-refractivity contribution in [1.82, 2.24) is 14.5 Å². The SMILES string of the molecule is CCc1c(C(=O)O)ccc2c1nc(-c1ccc3nc(-c4cc(OC)ccc4-c4ccc(F)cc4)ccc3c1)n2C1CCCCC1. The third kappa shape index (κ3) is 5.22. The van der Waals surface area contributed by atoms with Crippen LogP contribution in [0.5, 0.6) is 5.75 Å². The van der Waals surface area contributed by atoms with Crippen LogP contribution in [0.15, 0.2) is 84.9 Å². The van der Waals surface area contributed by atoms with Gasteiger partial charge in [-0.15, -0.1) is 0 Å². The number of methoxy groups -OCH3 is 1. The van der Waals surface area contributed by atoms with Crippen molar-refractivity contribution in [3.63, 3.8) is 0 Å². The first-order valence-corrected chi connectivity index (χ1v) is 15.6. The minimum Gasteiger partial charge on any atom is -0.497 e. The largest absolute Gasteiger partial charge is 0.497 e. The number of rotatable bonds is 7. The Balaban J connectivity index is 1.36. The first-order valence-electron chi connectivity index (χ1n) is 15.6. The summed E-state index contributed by atoms with van der Waals surface area (Å²) in [4.78, 5) is 22.3. The molecule has 0 atom stereocenters. The number of imidazole rings is 1. The number of halogens is 1. The molecule has 0 radical (unpaired) electrons. The number of hydrogen-bond acceptors (Lipinski definition) is 4. The van der Waals surface area contributed by atoms with E-state index in [4.69, 9.17) is 14.7 Å². The van der Waals surface area contributed by atoms with E-state index < -0.39 is 5.97 Å². The molecule has 1 saturated carbocycles. The smallest absolute Gasteiger partial charge is 0.336 e. The number of hydrogen-bond donors (Lipinski definition) is 1. The maximum atomic E-state index is 13.7. The summed E-state index contributed by atoms with van der Waals surface area (Å²) in [5, 5.41) is 10.9. The predicted octanol–water partition coefficient (Wildman–Crippen LogP) is 9.50. The van der Waals surface area contributed by atoms with Gasteiger partial charge in [0.2, 0.25) is 0 Å². The molecule has 7 heteroatoms. The summed E-state index contributed by atoms with van der Waals surface area (Å²) < 4.78 is 21.6. The molecular weight excluding hydrogens is 565 g/mol. The van der Waals surface area contributed by atoms with Crippen molar-refractivity contribution in [2.75, 3.05) is 7.11 Å². The highest BCUT2D eigenvalue weighted by atomic mass is 19.1. The van der Waals surface area contributed by atoms with Crippen LogP contribution in [0.4, 0.5) is 4.39 Å². The summed E-state index contributed by atoms with van der Waals surface area (Å²) >= 11 is 0. The van der Waals surface area contributed by atoms with Crippen molar-refractivity contribution in [2.24, 2.45) is 0 Å². The monoisotopic (exact) mass is 599 g/mol. The molecule has 2 aromatic heterocycles. The lowest BCUT2D eigenvalue weighted by Gasteiger charge is -2.26. The Morgan fingerprint density at radius 3 is 2.40 bits per heavy atom. The summed E-state index contributed by atoms with van der Waals surface area (Å²) in [6, 6.07) is 26.6. The topological polar surface area (TPSA) is 77.2 Å². The lowest BCUT2D eigenvalue weighted by molar-refractivity contribution is 0.0696. The molecule has 7 rings (SSSR count). The van der Waals surface area contributed by atoms with Crippen molar-refractivity contribution in [2.45, 2.75) is 51.5 Å². The van der Waals surface area contributed by atoms with Crippen LogP contribution < -0.4 is 4.74 Å². The number of nitrogens with zero attached hydrogens (tertiary/aromatic N) is 3. The maximum Gasteiger partial charge on any atom is 0.336 e. The predicted molar refractivity (Wildman–Crippen MR) is 176 cm³/mol. The fraction of sp³-hybridized carbons (Fsp3) is 0.237. The quantitative estimate of drug-likeness (QED) is 0.198. The molecule has 0 amide bonds. The Kier molecular flexibility index (Phi) is 7.53. The van der Waals surface area contributed by atoms with Crippen LogP contribution in [-0.2, 0) is 6.42 Å². The van der Waals surface area contributed by atoms with E-state index in [-0.39, 0.29) is 5.82 Å². The number of pyridine rings is 1. The number of aryl methyl sites for hydroxylation is 1. The Bertz CT molecular complexity index is 2060. The van der Waals surface area contributed by atoms with Gasteiger partial charge in [-0.1, -0.05) is 50.5 Å². The summed E-state index contributed by atoms with van der Waals surface area (Å²) in [5.41, 5.74) is 8.20. The van der Waals surface area contributed by atoms with Crippen LogP contribution in [0, 0.1) is 5.82 Å². The molecule has 4 aromatic carbocycles. The molecule has 1 fully saturated rings. The second-order valence-electron chi connectivity index (χ2n) is 11.7. The van der Waals surface area contributed by atoms with Gasteiger partial charge in [0.25, 0.3) is 0 Å². The number of benzene rings is 4. The second kappa shape index (κ2) is 11.8. The minimum atomic E-state index is -0.922. The highest BCUT2D eigenvalue weighted by Gasteiger charge is 2.25. The molecule has 6 aromatic rings. The number of carboxylic acid groups (broad SMARTS) is 1. The molecule has 6 nitrogen and oxygen atoms in total. The van der Waals surface area contributed by atoms with Gasteiger partial charge in [-0.25, -0.2) is 19.2 Å². The average Bonchev–Trinajstić information content (AvgIpc) is 3.47. The van der Waals surface area contributed by atoms with Crippen LogP contribution in [0.25, 0.3) is 55.7 Å². The van der Waals surface area contributed by atoms with Gasteiger partial charge in [0.05, 0.1) is 34.9 Å². The van der Waals surface area contributed by atoms with Crippen LogP contribution in [0.1, 0.15) is 61.0 Å². The van der Waals surface area contributed by atoms with E-state index in [0.29, 0.717) is 23.8 Å². The van der Waals surface area contributed by atoms with Gasteiger partial charge >= 0.3 is 5.97 Å². The Hall–Kier alpha value is -5.04. The van der Waals surface area contributed by atoms with Crippen molar-refractivity contribution >= 4 is 27.9 Å². The maximum absolute atomic E-state index is 13.7. The lowest BCUT2D eigenvalue weighted by Crippen LogP contribution is -2.14. The number of fused-ring (bicyclic) bond motifs is 2. The third-order valence-corrected chi connectivity index (χ3v) is 9.10. The number of aromatic carboxylic acids is 1. The van der Waals surface area contributed by atoms with Crippen molar-refractivity contribution in [1.29, 1.82) is 0 Å². The molecule has 1 aliphatic rings. The van der Waals surface area contributed by atoms with Crippen LogP contribution in [0.3, 0.4) is 0 Å². The summed E-state index contributed by atoms with van der Waals surface area (Å²) in [7, 11) is 1.64. The van der Waals surface area contributed by atoms with Gasteiger partial charge in [-0.05, 0) is 96.6 Å². The molecule has 45 heavy (non-hydrogen) atoms. The highest BCUT2D eigenvalue weighted by molar-refractivity contribution is 5.97. The van der Waals surface area contributed by atoms with E-state index in [1.54, 1.807) is 25.3 Å². The van der Waals surface area contributed by atoms with Crippen LogP contribution in [0.2, 0.25) is 0 Å². The fourth-order valence-electron chi connectivity index (χ4n) is 6.85. The Morgan fingerprint density at radius 2 is 1.67 bits per heavy atom. The van der Waals surface area contributed by atoms with E-state index in [2.05, 4.69) is 22.8 Å². The number of ether oxygens (including phenoxy) is 1. The van der Waals surface area contributed by atoms with E-state index >= 15 is 0 Å². The lowest BCUT2D eigenvalue weighted by atomic mass is 9.94. The molecule has 1 aliphatic carbocycles. The van der Waals surface area contributed by atoms with Gasteiger partial charge in [0.1, 0.15) is 17.4 Å². The fourth-order valence-corrected chi connectivity index (χ4v) is 6.85.